The van der Waals surface area contributed by atoms with Crippen LogP contribution in [0.1, 0.15) is 0 Å². The highest BCUT2D eigenvalue weighted by Crippen LogP contribution is 1.90. The molecular formula is C10H22N2O4. The summed E-state index contributed by atoms with van der Waals surface area (Å²) >= 11 is 0. The first-order valence-corrected chi connectivity index (χ1v) is 5.17. The number of nitrogens with two attached hydrogens (primary N) is 1. The first kappa shape index (κ1) is 15.3. The Balaban J connectivity index is 3.64. The normalized spacial score (nSPS) is 12.5. The second kappa shape index (κ2) is 9.53. The average Bonchev–Trinajstić information content (AvgIpc) is 2.24. The number of methoxy groups -OCH3 is 2. The van der Waals surface area contributed by atoms with Gasteiger partial charge in [0.15, 0.2) is 0 Å². The fraction of sp³-hybridized carbons (Fsp3) is 0.900. The second-order valence-corrected chi connectivity index (χ2v) is 3.54. The SMILES string of the molecule is COCCOCC(=O)N(C)CC(N)COC. The number of carbonyl (C=O) groups excluding carboxylic acids is 1. The first-order chi connectivity index (χ1) is 7.61. The van der Waals surface area contributed by atoms with E-state index in [2.05, 4.69) is 0 Å². The number of nitrogens with zero attached hydrogens (tertiary/aromatic N) is 1. The quantitative estimate of drug-likeness (QED) is 0.522. The van der Waals surface area contributed by atoms with Crippen molar-refractivity contribution in [3.05, 3.63) is 0 Å². The highest BCUT2D eigenvalue weighted by Gasteiger charge is 2.12. The van der Waals surface area contributed by atoms with Gasteiger partial charge in [0.2, 0.25) is 5.91 Å². The zero-order chi connectivity index (χ0) is 12.4. The van der Waals surface area contributed by atoms with Crippen molar-refractivity contribution in [1.29, 1.82) is 0 Å². The summed E-state index contributed by atoms with van der Waals surface area (Å²) in [5, 5.41) is 0. The van der Waals surface area contributed by atoms with Gasteiger partial charge in [-0.15, -0.1) is 0 Å². The fourth-order valence-corrected chi connectivity index (χ4v) is 1.13. The third kappa shape index (κ3) is 7.58. The van der Waals surface area contributed by atoms with Crippen LogP contribution in [0.25, 0.3) is 0 Å². The van der Waals surface area contributed by atoms with E-state index in [4.69, 9.17) is 19.9 Å². The van der Waals surface area contributed by atoms with Crippen LogP contribution in [0.2, 0.25) is 0 Å². The molecule has 2 N–H and O–H groups in total. The van der Waals surface area contributed by atoms with Gasteiger partial charge >= 0.3 is 0 Å². The third-order valence-corrected chi connectivity index (χ3v) is 1.97. The lowest BCUT2D eigenvalue weighted by Crippen LogP contribution is -2.42. The van der Waals surface area contributed by atoms with Crippen molar-refractivity contribution < 1.29 is 19.0 Å². The molecule has 0 spiro atoms. The monoisotopic (exact) mass is 234 g/mol. The van der Waals surface area contributed by atoms with Crippen molar-refractivity contribution in [3.8, 4) is 0 Å². The minimum Gasteiger partial charge on any atom is -0.383 e. The Hall–Kier alpha value is -0.690. The summed E-state index contributed by atoms with van der Waals surface area (Å²) in [5.74, 6) is -0.0948. The number of hydrogen-bond acceptors (Lipinski definition) is 5. The van der Waals surface area contributed by atoms with Crippen molar-refractivity contribution in [2.45, 2.75) is 6.04 Å². The van der Waals surface area contributed by atoms with E-state index in [1.165, 1.54) is 4.90 Å². The summed E-state index contributed by atoms with van der Waals surface area (Å²) in [5.41, 5.74) is 5.72. The van der Waals surface area contributed by atoms with Crippen LogP contribution in [0.15, 0.2) is 0 Å². The van der Waals surface area contributed by atoms with Gasteiger partial charge in [-0.1, -0.05) is 0 Å². The Morgan fingerprint density at radius 1 is 1.31 bits per heavy atom. The highest BCUT2D eigenvalue weighted by molar-refractivity contribution is 5.77. The molecule has 0 aromatic heterocycles. The molecule has 0 bridgehead atoms. The second-order valence-electron chi connectivity index (χ2n) is 3.54. The van der Waals surface area contributed by atoms with Gasteiger partial charge in [0.25, 0.3) is 0 Å². The molecule has 1 atom stereocenters. The highest BCUT2D eigenvalue weighted by atomic mass is 16.5. The number of hydrogen-bond donors (Lipinski definition) is 1. The van der Waals surface area contributed by atoms with Crippen molar-refractivity contribution in [2.75, 3.05) is 54.2 Å². The van der Waals surface area contributed by atoms with E-state index in [1.54, 1.807) is 21.3 Å². The van der Waals surface area contributed by atoms with Crippen molar-refractivity contribution >= 4 is 5.91 Å². The number of amides is 1. The molecule has 6 nitrogen and oxygen atoms in total. The maximum Gasteiger partial charge on any atom is 0.248 e. The van der Waals surface area contributed by atoms with Gasteiger partial charge in [0.05, 0.1) is 19.8 Å². The van der Waals surface area contributed by atoms with Crippen LogP contribution >= 0.6 is 0 Å². The van der Waals surface area contributed by atoms with Crippen LogP contribution in [0, 0.1) is 0 Å². The molecule has 0 aliphatic heterocycles. The van der Waals surface area contributed by atoms with E-state index in [-0.39, 0.29) is 18.6 Å². The number of carbonyl (C=O) groups is 1. The number of rotatable bonds is 9. The summed E-state index contributed by atoms with van der Waals surface area (Å²) in [6.07, 6.45) is 0. The molecule has 1 amide bonds. The first-order valence-electron chi connectivity index (χ1n) is 5.17. The predicted molar refractivity (Wildman–Crippen MR) is 60.2 cm³/mol. The minimum absolute atomic E-state index is 0.0551. The van der Waals surface area contributed by atoms with Crippen LogP contribution in [0.4, 0.5) is 0 Å². The molecule has 0 saturated carbocycles. The van der Waals surface area contributed by atoms with Gasteiger partial charge in [-0.3, -0.25) is 4.79 Å². The minimum atomic E-state index is -0.169. The summed E-state index contributed by atoms with van der Waals surface area (Å²) in [7, 11) is 4.86. The molecule has 0 aromatic carbocycles. The largest absolute Gasteiger partial charge is 0.383 e. The molecule has 6 heteroatoms. The lowest BCUT2D eigenvalue weighted by atomic mass is 10.3. The van der Waals surface area contributed by atoms with Gasteiger partial charge in [-0.2, -0.15) is 0 Å². The molecule has 1 unspecified atom stereocenters. The van der Waals surface area contributed by atoms with Gasteiger partial charge in [-0.25, -0.2) is 0 Å². The van der Waals surface area contributed by atoms with E-state index in [1.807, 2.05) is 0 Å². The summed E-state index contributed by atoms with van der Waals surface area (Å²) < 4.78 is 14.8. The zero-order valence-electron chi connectivity index (χ0n) is 10.3. The molecule has 0 saturated heterocycles. The zero-order valence-corrected chi connectivity index (χ0v) is 10.3. The van der Waals surface area contributed by atoms with Crippen molar-refractivity contribution in [2.24, 2.45) is 5.73 Å². The summed E-state index contributed by atoms with van der Waals surface area (Å²) in [4.78, 5) is 13.0. The van der Waals surface area contributed by atoms with Crippen molar-refractivity contribution in [3.63, 3.8) is 0 Å². The average molecular weight is 234 g/mol. The lowest BCUT2D eigenvalue weighted by molar-refractivity contribution is -0.135. The standard InChI is InChI=1S/C10H22N2O4/c1-12(6-9(11)7-15-3)10(13)8-16-5-4-14-2/h9H,4-8,11H2,1-3H3. The molecule has 16 heavy (non-hydrogen) atoms. The molecule has 0 heterocycles. The van der Waals surface area contributed by atoms with Gasteiger partial charge < -0.3 is 24.8 Å². The van der Waals surface area contributed by atoms with Gasteiger partial charge in [0.1, 0.15) is 6.61 Å². The van der Waals surface area contributed by atoms with Crippen LogP contribution < -0.4 is 5.73 Å². The predicted octanol–water partition coefficient (Wildman–Crippen LogP) is -0.918. The molecule has 96 valence electrons. The molecule has 0 aliphatic rings. The Morgan fingerprint density at radius 3 is 2.56 bits per heavy atom. The maximum atomic E-state index is 11.5. The Bertz CT molecular complexity index is 190. The number of ether oxygens (including phenoxy) is 3. The Labute approximate surface area is 96.6 Å². The maximum absolute atomic E-state index is 11.5. The number of likely N-dealkylation sites (N-methyl/N-ethyl adjacent to an activating group) is 1. The van der Waals surface area contributed by atoms with Crippen LogP contribution in [-0.2, 0) is 19.0 Å². The van der Waals surface area contributed by atoms with E-state index < -0.39 is 0 Å². The van der Waals surface area contributed by atoms with Gasteiger partial charge in [0, 0.05) is 33.9 Å². The van der Waals surface area contributed by atoms with E-state index >= 15 is 0 Å². The third-order valence-electron chi connectivity index (χ3n) is 1.97. The van der Waals surface area contributed by atoms with Gasteiger partial charge in [-0.05, 0) is 0 Å². The summed E-state index contributed by atoms with van der Waals surface area (Å²) in [6, 6.07) is -0.169. The fourth-order valence-electron chi connectivity index (χ4n) is 1.13. The van der Waals surface area contributed by atoms with Crippen LogP contribution in [-0.4, -0.2) is 71.1 Å². The molecule has 0 radical (unpaired) electrons. The van der Waals surface area contributed by atoms with Crippen LogP contribution in [0.5, 0.6) is 0 Å². The molecule has 0 rings (SSSR count). The lowest BCUT2D eigenvalue weighted by Gasteiger charge is -2.21. The van der Waals surface area contributed by atoms with Crippen LogP contribution in [0.3, 0.4) is 0 Å². The smallest absolute Gasteiger partial charge is 0.248 e. The molecule has 0 aromatic rings. The summed E-state index contributed by atoms with van der Waals surface area (Å²) in [6.45, 7) is 1.85. The Morgan fingerprint density at radius 2 is 2.00 bits per heavy atom. The van der Waals surface area contributed by atoms with E-state index in [0.29, 0.717) is 26.4 Å². The van der Waals surface area contributed by atoms with E-state index in [9.17, 15) is 4.79 Å². The topological polar surface area (TPSA) is 74.0 Å². The van der Waals surface area contributed by atoms with E-state index in [0.717, 1.165) is 0 Å². The Kier molecular flexibility index (Phi) is 9.12. The molecule has 0 fully saturated rings. The molecular weight excluding hydrogens is 212 g/mol. The molecule has 0 aliphatic carbocycles. The van der Waals surface area contributed by atoms with Crippen molar-refractivity contribution in [1.82, 2.24) is 4.90 Å².